The summed E-state index contributed by atoms with van der Waals surface area (Å²) in [5.41, 5.74) is 9.93. The summed E-state index contributed by atoms with van der Waals surface area (Å²) in [5.74, 6) is 3.07. The third kappa shape index (κ3) is 3.23. The fraction of sp³-hybridized carbons (Fsp3) is 0.333. The molecule has 3 fully saturated rings. The van der Waals surface area contributed by atoms with Gasteiger partial charge in [0.05, 0.1) is 0 Å². The first-order chi connectivity index (χ1) is 19.8. The summed E-state index contributed by atoms with van der Waals surface area (Å²) < 4.78 is 0. The molecule has 4 N–H and O–H groups in total. The van der Waals surface area contributed by atoms with Gasteiger partial charge in [-0.3, -0.25) is 15.9 Å². The van der Waals surface area contributed by atoms with Gasteiger partial charge in [-0.05, 0) is 32.2 Å². The smallest absolute Gasteiger partial charge is 0.239 e. The minimum Gasteiger partial charge on any atom is -0.351 e. The van der Waals surface area contributed by atoms with Crippen molar-refractivity contribution in [2.24, 2.45) is 64.4 Å². The molecule has 0 aromatic carbocycles. The van der Waals surface area contributed by atoms with E-state index in [0.29, 0.717) is 11.7 Å². The first kappa shape index (κ1) is 22.1. The summed E-state index contributed by atoms with van der Waals surface area (Å²) in [4.78, 5) is 20.4. The zero-order valence-corrected chi connectivity index (χ0v) is 20.9. The first-order valence-corrected chi connectivity index (χ1v) is 13.2. The van der Waals surface area contributed by atoms with Gasteiger partial charge in [0, 0.05) is 29.9 Å². The van der Waals surface area contributed by atoms with E-state index in [-0.39, 0.29) is 42.0 Å². The number of amidine groups is 4. The predicted octanol–water partition coefficient (Wildman–Crippen LogP) is 0.600. The Balaban J connectivity index is 1.19. The average Bonchev–Trinajstić information content (AvgIpc) is 3.73. The summed E-state index contributed by atoms with van der Waals surface area (Å²) in [6, 6.07) is -0.145. The fourth-order valence-corrected chi connectivity index (χ4v) is 6.20. The van der Waals surface area contributed by atoms with Gasteiger partial charge in [-0.1, -0.05) is 60.8 Å². The Morgan fingerprint density at radius 2 is 1.52 bits per heavy atom. The molecule has 0 amide bonds. The van der Waals surface area contributed by atoms with Crippen LogP contribution in [0.2, 0.25) is 0 Å². The van der Waals surface area contributed by atoms with Crippen LogP contribution in [0.15, 0.2) is 114 Å². The van der Waals surface area contributed by atoms with Crippen molar-refractivity contribution < 1.29 is 0 Å². The average molecular weight is 537 g/mol. The SMILES string of the molecule is C1=CC2C3=NC(N=C4NC(N=C5NN(NN6NC(=N3)C3N=NN=NN36)N3C=CC=CC53)C3C=CC=CC43)C2C=C1. The van der Waals surface area contributed by atoms with Gasteiger partial charge >= 0.3 is 0 Å². The molecule has 0 saturated carbocycles. The molecule has 16 nitrogen and oxygen atoms in total. The van der Waals surface area contributed by atoms with E-state index in [1.54, 1.807) is 10.5 Å². The van der Waals surface area contributed by atoms with Crippen molar-refractivity contribution in [3.63, 3.8) is 0 Å². The lowest BCUT2D eigenvalue weighted by Gasteiger charge is -2.33. The molecule has 0 aromatic rings. The van der Waals surface area contributed by atoms with Crippen molar-refractivity contribution in [2.45, 2.75) is 24.5 Å². The highest BCUT2D eigenvalue weighted by atomic mass is 16.2. The molecule has 16 heteroatoms. The maximum Gasteiger partial charge on any atom is 0.239 e. The molecule has 0 aromatic heterocycles. The number of allylic oxidation sites excluding steroid dienone is 6. The highest BCUT2D eigenvalue weighted by Gasteiger charge is 2.47. The number of fused-ring (bicyclic) bond motifs is 19. The van der Waals surface area contributed by atoms with Gasteiger partial charge in [0.15, 0.2) is 12.0 Å². The third-order valence-electron chi connectivity index (χ3n) is 8.09. The lowest BCUT2D eigenvalue weighted by molar-refractivity contribution is -0.201. The first-order valence-electron chi connectivity index (χ1n) is 13.2. The van der Waals surface area contributed by atoms with E-state index in [1.807, 2.05) is 29.4 Å². The lowest BCUT2D eigenvalue weighted by atomic mass is 9.87. The zero-order valence-electron chi connectivity index (χ0n) is 20.9. The quantitative estimate of drug-likeness (QED) is 0.350. The van der Waals surface area contributed by atoms with Gasteiger partial charge in [-0.25, -0.2) is 20.0 Å². The molecule has 2 aliphatic carbocycles. The lowest BCUT2D eigenvalue weighted by Crippen LogP contribution is -2.62. The Morgan fingerprint density at radius 3 is 2.48 bits per heavy atom. The molecular formula is C24H24N16. The van der Waals surface area contributed by atoms with Gasteiger partial charge in [0.2, 0.25) is 6.17 Å². The summed E-state index contributed by atoms with van der Waals surface area (Å²) in [5, 5.41) is 26.4. The van der Waals surface area contributed by atoms with Crippen LogP contribution >= 0.6 is 0 Å². The maximum atomic E-state index is 5.19. The van der Waals surface area contributed by atoms with Gasteiger partial charge in [0.1, 0.15) is 29.7 Å². The number of hydrogen-bond donors (Lipinski definition) is 4. The van der Waals surface area contributed by atoms with Crippen LogP contribution in [0, 0.1) is 23.7 Å². The Labute approximate surface area is 227 Å². The van der Waals surface area contributed by atoms with Crippen molar-refractivity contribution in [3.8, 4) is 0 Å². The fourth-order valence-electron chi connectivity index (χ4n) is 6.20. The summed E-state index contributed by atoms with van der Waals surface area (Å²) in [6.45, 7) is 0. The second-order valence-electron chi connectivity index (χ2n) is 10.3. The molecule has 7 aliphatic heterocycles. The number of hydrogen-bond acceptors (Lipinski definition) is 16. The molecule has 10 atom stereocenters. The molecule has 9 rings (SSSR count). The number of aliphatic imine (C=N–C) groups is 4. The minimum absolute atomic E-state index is 0.0237. The second kappa shape index (κ2) is 8.35. The molecular weight excluding hydrogens is 512 g/mol. The van der Waals surface area contributed by atoms with Crippen molar-refractivity contribution in [1.82, 2.24) is 42.3 Å². The Kier molecular flexibility index (Phi) is 4.60. The minimum atomic E-state index is -0.642. The van der Waals surface area contributed by atoms with Crippen LogP contribution in [-0.4, -0.2) is 68.5 Å². The molecule has 9 aliphatic rings. The summed E-state index contributed by atoms with van der Waals surface area (Å²) in [7, 11) is 0. The zero-order chi connectivity index (χ0) is 26.2. The van der Waals surface area contributed by atoms with Crippen LogP contribution in [0.1, 0.15) is 0 Å². The van der Waals surface area contributed by atoms with Crippen LogP contribution < -0.4 is 21.7 Å². The van der Waals surface area contributed by atoms with Crippen LogP contribution in [0.25, 0.3) is 0 Å². The maximum absolute atomic E-state index is 5.19. The number of nitrogens with one attached hydrogen (secondary N) is 4. The molecule has 10 unspecified atom stereocenters. The van der Waals surface area contributed by atoms with Crippen molar-refractivity contribution in [2.75, 3.05) is 0 Å². The van der Waals surface area contributed by atoms with Crippen LogP contribution in [-0.2, 0) is 0 Å². The molecule has 200 valence electrons. The molecule has 8 bridgehead atoms. The van der Waals surface area contributed by atoms with Crippen molar-refractivity contribution in [1.29, 1.82) is 0 Å². The van der Waals surface area contributed by atoms with Crippen molar-refractivity contribution in [3.05, 3.63) is 73.0 Å². The third-order valence-corrected chi connectivity index (χ3v) is 8.09. The molecule has 0 spiro atoms. The van der Waals surface area contributed by atoms with E-state index in [9.17, 15) is 0 Å². The second-order valence-corrected chi connectivity index (χ2v) is 10.3. The molecule has 3 saturated heterocycles. The normalized spacial score (nSPS) is 42.2. The summed E-state index contributed by atoms with van der Waals surface area (Å²) >= 11 is 0. The number of nitrogens with zero attached hydrogens (tertiary/aromatic N) is 12. The Morgan fingerprint density at radius 1 is 0.700 bits per heavy atom. The van der Waals surface area contributed by atoms with Crippen LogP contribution in [0.4, 0.5) is 0 Å². The monoisotopic (exact) mass is 536 g/mol. The Hall–Kier alpha value is -4.80. The van der Waals surface area contributed by atoms with Gasteiger partial charge in [0.25, 0.3) is 0 Å². The predicted molar refractivity (Wildman–Crippen MR) is 143 cm³/mol. The topological polar surface area (TPSA) is 160 Å². The van der Waals surface area contributed by atoms with E-state index >= 15 is 0 Å². The standard InChI is InChI=1S/C24H24N16/c1-3-9-15-13(7-1)18-25-19-14-8-2-4-10-16(14)21(27-19)29-23-24-30-33-34-35-38(24)40(32-23)36-39-31-22(28-20(15)26-18)17-11-5-6-12-37(17)39/h1-17,19-20,24,36H,(H,25,26)(H,28,31)(H,27,29,32). The highest BCUT2D eigenvalue weighted by Crippen LogP contribution is 2.37. The van der Waals surface area contributed by atoms with E-state index < -0.39 is 6.17 Å². The number of hydrazine groups is 6. The number of rotatable bonds is 0. The molecule has 7 heterocycles. The highest BCUT2D eigenvalue weighted by molar-refractivity contribution is 6.02. The van der Waals surface area contributed by atoms with E-state index in [2.05, 4.69) is 91.1 Å². The van der Waals surface area contributed by atoms with E-state index in [4.69, 9.17) is 20.0 Å². The summed E-state index contributed by atoms with van der Waals surface area (Å²) in [6.07, 6.45) is 23.8. The van der Waals surface area contributed by atoms with E-state index in [0.717, 1.165) is 11.7 Å². The van der Waals surface area contributed by atoms with E-state index in [1.165, 1.54) is 5.12 Å². The van der Waals surface area contributed by atoms with Crippen LogP contribution in [0.5, 0.6) is 0 Å². The van der Waals surface area contributed by atoms with Gasteiger partial charge < -0.3 is 5.32 Å². The van der Waals surface area contributed by atoms with Gasteiger partial charge in [-0.15, -0.1) is 15.8 Å². The van der Waals surface area contributed by atoms with Gasteiger partial charge in [-0.2, -0.15) is 0 Å². The van der Waals surface area contributed by atoms with Crippen molar-refractivity contribution >= 4 is 23.3 Å². The van der Waals surface area contributed by atoms with Crippen LogP contribution in [0.3, 0.4) is 0 Å². The molecule has 40 heavy (non-hydrogen) atoms. The Bertz CT molecular complexity index is 1510. The largest absolute Gasteiger partial charge is 0.351 e. The molecule has 0 radical (unpaired) electrons.